The van der Waals surface area contributed by atoms with Crippen LogP contribution in [0.15, 0.2) is 29.3 Å². The van der Waals surface area contributed by atoms with Crippen molar-refractivity contribution in [2.24, 2.45) is 16.5 Å². The number of nitrogens with two attached hydrogens (primary N) is 2. The first-order chi connectivity index (χ1) is 9.20. The second kappa shape index (κ2) is 6.13. The molecule has 0 aliphatic carbocycles. The van der Waals surface area contributed by atoms with Crippen LogP contribution in [0, 0.1) is 0 Å². The van der Waals surface area contributed by atoms with Crippen molar-refractivity contribution in [3.8, 4) is 0 Å². The minimum absolute atomic E-state index is 0.0187. The van der Waals surface area contributed by atoms with E-state index < -0.39 is 0 Å². The third-order valence-electron chi connectivity index (χ3n) is 2.92. The van der Waals surface area contributed by atoms with Gasteiger partial charge in [0.25, 0.3) is 5.95 Å². The molecule has 19 heavy (non-hydrogen) atoms. The quantitative estimate of drug-likeness (QED) is 0.488. The van der Waals surface area contributed by atoms with Crippen molar-refractivity contribution >= 4 is 22.8 Å². The number of benzene rings is 1. The van der Waals surface area contributed by atoms with E-state index in [1.807, 2.05) is 24.3 Å². The van der Waals surface area contributed by atoms with Crippen molar-refractivity contribution in [1.29, 1.82) is 0 Å². The molecule has 2 aromatic rings. The number of rotatable bonds is 5. The van der Waals surface area contributed by atoms with Crippen LogP contribution < -0.4 is 11.5 Å². The van der Waals surface area contributed by atoms with Crippen molar-refractivity contribution in [2.75, 3.05) is 0 Å². The molecule has 1 aromatic carbocycles. The van der Waals surface area contributed by atoms with Gasteiger partial charge in [0.05, 0.1) is 11.2 Å². The maximum atomic E-state index is 5.39. The van der Waals surface area contributed by atoms with Gasteiger partial charge in [0.15, 0.2) is 5.96 Å². The van der Waals surface area contributed by atoms with Crippen LogP contribution in [0.5, 0.6) is 0 Å². The summed E-state index contributed by atoms with van der Waals surface area (Å²) in [6, 6.07) is 7.93. The zero-order chi connectivity index (χ0) is 13.7. The highest BCUT2D eigenvalue weighted by atomic mass is 15.1. The highest BCUT2D eigenvalue weighted by Gasteiger charge is 2.06. The number of guanidine groups is 1. The molecule has 100 valence electrons. The van der Waals surface area contributed by atoms with E-state index in [2.05, 4.69) is 21.9 Å². The molecule has 0 unspecified atom stereocenters. The highest BCUT2D eigenvalue weighted by Crippen LogP contribution is 2.20. The third-order valence-corrected chi connectivity index (χ3v) is 2.92. The van der Waals surface area contributed by atoms with E-state index in [9.17, 15) is 0 Å². The average molecular weight is 257 g/mol. The summed E-state index contributed by atoms with van der Waals surface area (Å²) < 4.78 is 0. The van der Waals surface area contributed by atoms with Crippen LogP contribution in [0.25, 0.3) is 10.9 Å². The Balaban J connectivity index is 2.42. The summed E-state index contributed by atoms with van der Waals surface area (Å²) in [5.74, 6) is 0.319. The molecule has 5 heteroatoms. The fourth-order valence-corrected chi connectivity index (χ4v) is 2.03. The molecule has 0 fully saturated rings. The Morgan fingerprint density at radius 1 is 1.16 bits per heavy atom. The van der Waals surface area contributed by atoms with E-state index in [-0.39, 0.29) is 5.96 Å². The molecule has 0 aliphatic heterocycles. The lowest BCUT2D eigenvalue weighted by molar-refractivity contribution is 0.709. The maximum absolute atomic E-state index is 5.39. The molecule has 4 N–H and O–H groups in total. The normalized spacial score (nSPS) is 10.6. The number of aromatic nitrogens is 2. The summed E-state index contributed by atoms with van der Waals surface area (Å²) in [5.41, 5.74) is 12.7. The van der Waals surface area contributed by atoms with E-state index in [1.54, 1.807) is 0 Å². The van der Waals surface area contributed by atoms with E-state index in [4.69, 9.17) is 11.5 Å². The lowest BCUT2D eigenvalue weighted by atomic mass is 10.1. The predicted molar refractivity (Wildman–Crippen MR) is 78.2 cm³/mol. The molecule has 0 atom stereocenters. The summed E-state index contributed by atoms with van der Waals surface area (Å²) in [6.07, 6.45) is 4.41. The van der Waals surface area contributed by atoms with Crippen molar-refractivity contribution in [3.05, 3.63) is 30.0 Å². The Hall–Kier alpha value is -2.17. The zero-order valence-electron chi connectivity index (χ0n) is 11.1. The first-order valence-corrected chi connectivity index (χ1v) is 6.56. The molecule has 1 heterocycles. The third kappa shape index (κ3) is 3.40. The molecule has 1 aromatic heterocycles. The van der Waals surface area contributed by atoms with Gasteiger partial charge in [-0.1, -0.05) is 38.0 Å². The lowest BCUT2D eigenvalue weighted by Gasteiger charge is -2.06. The molecule has 5 nitrogen and oxygen atoms in total. The minimum Gasteiger partial charge on any atom is -0.370 e. The van der Waals surface area contributed by atoms with Crippen molar-refractivity contribution in [2.45, 2.75) is 32.6 Å². The molecule has 0 spiro atoms. The monoisotopic (exact) mass is 257 g/mol. The topological polar surface area (TPSA) is 90.2 Å². The molecule has 0 saturated heterocycles. The van der Waals surface area contributed by atoms with Gasteiger partial charge in [0.2, 0.25) is 0 Å². The van der Waals surface area contributed by atoms with Gasteiger partial charge in [-0.25, -0.2) is 9.97 Å². The van der Waals surface area contributed by atoms with Gasteiger partial charge in [-0.2, -0.15) is 4.99 Å². The number of nitrogens with zero attached hydrogens (tertiary/aromatic N) is 3. The summed E-state index contributed by atoms with van der Waals surface area (Å²) in [4.78, 5) is 12.7. The SMILES string of the molecule is CCCCCc1nc(N=C(N)N)nc2ccccc12. The van der Waals surface area contributed by atoms with Crippen LogP contribution in [0.3, 0.4) is 0 Å². The molecule has 0 aliphatic rings. The Morgan fingerprint density at radius 2 is 1.95 bits per heavy atom. The van der Waals surface area contributed by atoms with Gasteiger partial charge >= 0.3 is 0 Å². The molecule has 0 saturated carbocycles. The molecular weight excluding hydrogens is 238 g/mol. The second-order valence-electron chi connectivity index (χ2n) is 4.48. The van der Waals surface area contributed by atoms with Crippen LogP contribution in [-0.4, -0.2) is 15.9 Å². The standard InChI is InChI=1S/C14H19N5/c1-2-3-4-8-11-10-7-5-6-9-12(10)18-14(17-11)19-13(15)16/h5-7,9H,2-4,8H2,1H3,(H4,15,16,17,18,19). The fourth-order valence-electron chi connectivity index (χ4n) is 2.03. The Bertz CT molecular complexity index is 587. The van der Waals surface area contributed by atoms with Crippen LogP contribution in [0.1, 0.15) is 31.9 Å². The van der Waals surface area contributed by atoms with Gasteiger partial charge in [-0.15, -0.1) is 0 Å². The Morgan fingerprint density at radius 3 is 2.68 bits per heavy atom. The predicted octanol–water partition coefficient (Wildman–Crippen LogP) is 2.27. The summed E-state index contributed by atoms with van der Waals surface area (Å²) in [6.45, 7) is 2.18. The van der Waals surface area contributed by atoms with Crippen LogP contribution in [0.2, 0.25) is 0 Å². The highest BCUT2D eigenvalue weighted by molar-refractivity contribution is 5.83. The first-order valence-electron chi connectivity index (χ1n) is 6.56. The number of unbranched alkanes of at least 4 members (excludes halogenated alkanes) is 2. The van der Waals surface area contributed by atoms with Gasteiger partial charge in [-0.3, -0.25) is 0 Å². The van der Waals surface area contributed by atoms with E-state index >= 15 is 0 Å². The fraction of sp³-hybridized carbons (Fsp3) is 0.357. The minimum atomic E-state index is -0.0187. The lowest BCUT2D eigenvalue weighted by Crippen LogP contribution is -2.22. The summed E-state index contributed by atoms with van der Waals surface area (Å²) in [5, 5.41) is 1.08. The Labute approximate surface area is 112 Å². The smallest absolute Gasteiger partial charge is 0.253 e. The number of para-hydroxylation sites is 1. The zero-order valence-corrected chi connectivity index (χ0v) is 11.1. The maximum Gasteiger partial charge on any atom is 0.253 e. The van der Waals surface area contributed by atoms with Gasteiger partial charge in [0.1, 0.15) is 0 Å². The van der Waals surface area contributed by atoms with Crippen molar-refractivity contribution < 1.29 is 0 Å². The number of hydrogen-bond donors (Lipinski definition) is 2. The van der Waals surface area contributed by atoms with Crippen LogP contribution in [-0.2, 0) is 6.42 Å². The number of fused-ring (bicyclic) bond motifs is 1. The van der Waals surface area contributed by atoms with Gasteiger partial charge in [0, 0.05) is 5.39 Å². The van der Waals surface area contributed by atoms with E-state index in [0.29, 0.717) is 5.95 Å². The number of hydrogen-bond acceptors (Lipinski definition) is 3. The van der Waals surface area contributed by atoms with E-state index in [1.165, 1.54) is 12.8 Å². The number of aliphatic imine (C=N–C) groups is 1. The molecule has 0 bridgehead atoms. The number of aryl methyl sites for hydroxylation is 1. The van der Waals surface area contributed by atoms with Crippen LogP contribution >= 0.6 is 0 Å². The Kier molecular flexibility index (Phi) is 4.28. The summed E-state index contributed by atoms with van der Waals surface area (Å²) >= 11 is 0. The molecule has 0 amide bonds. The summed E-state index contributed by atoms with van der Waals surface area (Å²) in [7, 11) is 0. The van der Waals surface area contributed by atoms with Gasteiger partial charge in [-0.05, 0) is 18.9 Å². The molecule has 0 radical (unpaired) electrons. The largest absolute Gasteiger partial charge is 0.370 e. The van der Waals surface area contributed by atoms with Gasteiger partial charge < -0.3 is 11.5 Å². The first kappa shape index (κ1) is 13.3. The van der Waals surface area contributed by atoms with E-state index in [0.717, 1.165) is 29.4 Å². The average Bonchev–Trinajstić information content (AvgIpc) is 2.38. The molecule has 2 rings (SSSR count). The van der Waals surface area contributed by atoms with Crippen molar-refractivity contribution in [3.63, 3.8) is 0 Å². The second-order valence-corrected chi connectivity index (χ2v) is 4.48. The molecular formula is C14H19N5. The van der Waals surface area contributed by atoms with Crippen LogP contribution in [0.4, 0.5) is 5.95 Å². The van der Waals surface area contributed by atoms with Crippen molar-refractivity contribution in [1.82, 2.24) is 9.97 Å².